The fraction of sp³-hybridized carbons (Fsp3) is 0.500. The van der Waals surface area contributed by atoms with Crippen LogP contribution in [0.3, 0.4) is 0 Å². The molecule has 0 unspecified atom stereocenters. The van der Waals surface area contributed by atoms with Crippen molar-refractivity contribution in [3.63, 3.8) is 0 Å². The first kappa shape index (κ1) is 12.8. The van der Waals surface area contributed by atoms with E-state index < -0.39 is 18.4 Å². The van der Waals surface area contributed by atoms with E-state index in [1.807, 2.05) is 0 Å². The standard InChI is InChI=1S/C10H12N4O4Se/c15-1-4-6(16)7(19)10(18-4)14-3-13-5-8(14)11-2-12-9(5)17/h2-4,6-7,10,15-16,19H,1H2,(H,11,12,17)/t4-,6-,7-,10-/m1/s1. The molecule has 2 aromatic rings. The maximum absolute atomic E-state index is 9.94. The summed E-state index contributed by atoms with van der Waals surface area (Å²) in [7, 11) is 0. The second kappa shape index (κ2) is 4.69. The molecular formula is C10H12N4O4Se. The Morgan fingerprint density at radius 1 is 1.37 bits per heavy atom. The average Bonchev–Trinajstić information content (AvgIpc) is 2.94. The molecule has 3 heterocycles. The van der Waals surface area contributed by atoms with Gasteiger partial charge >= 0.3 is 115 Å². The van der Waals surface area contributed by atoms with Crippen LogP contribution in [-0.4, -0.2) is 69.7 Å². The number of aliphatic hydroxyl groups is 2. The van der Waals surface area contributed by atoms with Crippen molar-refractivity contribution < 1.29 is 20.1 Å². The van der Waals surface area contributed by atoms with Crippen molar-refractivity contribution in [3.05, 3.63) is 12.7 Å². The van der Waals surface area contributed by atoms with Crippen LogP contribution in [0.5, 0.6) is 5.88 Å². The SMILES string of the molecule is OC[C@H]1O[C@@H](n2cnc3c(O)ncnc32)[C@H]([SeH])[C@@H]1O. The van der Waals surface area contributed by atoms with Crippen molar-refractivity contribution in [2.45, 2.75) is 23.3 Å². The van der Waals surface area contributed by atoms with Crippen LogP contribution in [0.25, 0.3) is 11.2 Å². The fourth-order valence-corrected chi connectivity index (χ4v) is 2.99. The molecule has 8 nitrogen and oxygen atoms in total. The Kier molecular flexibility index (Phi) is 3.15. The van der Waals surface area contributed by atoms with Crippen LogP contribution < -0.4 is 0 Å². The van der Waals surface area contributed by atoms with E-state index in [4.69, 9.17) is 9.84 Å². The minimum absolute atomic E-state index is 0.205. The van der Waals surface area contributed by atoms with Gasteiger partial charge in [0.15, 0.2) is 0 Å². The Bertz CT molecular complexity index is 606. The molecule has 1 aliphatic heterocycles. The molecule has 0 amide bonds. The van der Waals surface area contributed by atoms with E-state index in [9.17, 15) is 10.2 Å². The summed E-state index contributed by atoms with van der Waals surface area (Å²) >= 11 is 2.32. The number of fused-ring (bicyclic) bond motifs is 1. The summed E-state index contributed by atoms with van der Waals surface area (Å²) in [5.74, 6) is -0.205. The molecule has 102 valence electrons. The summed E-state index contributed by atoms with van der Waals surface area (Å²) in [6.45, 7) is -0.265. The van der Waals surface area contributed by atoms with Gasteiger partial charge in [0.1, 0.15) is 0 Å². The average molecular weight is 331 g/mol. The summed E-state index contributed by atoms with van der Waals surface area (Å²) in [6.07, 6.45) is 0.737. The van der Waals surface area contributed by atoms with Crippen molar-refractivity contribution in [1.82, 2.24) is 19.5 Å². The molecule has 1 aliphatic rings. The van der Waals surface area contributed by atoms with Gasteiger partial charge in [-0.05, 0) is 0 Å². The molecule has 0 aliphatic carbocycles. The Morgan fingerprint density at radius 2 is 2.16 bits per heavy atom. The van der Waals surface area contributed by atoms with Crippen LogP contribution in [0.4, 0.5) is 0 Å². The van der Waals surface area contributed by atoms with Crippen molar-refractivity contribution in [2.75, 3.05) is 6.61 Å². The number of rotatable bonds is 2. The monoisotopic (exact) mass is 332 g/mol. The van der Waals surface area contributed by atoms with Gasteiger partial charge in [0, 0.05) is 0 Å². The van der Waals surface area contributed by atoms with Crippen LogP contribution in [0.2, 0.25) is 4.82 Å². The van der Waals surface area contributed by atoms with Gasteiger partial charge in [-0.2, -0.15) is 0 Å². The van der Waals surface area contributed by atoms with Crippen LogP contribution in [-0.2, 0) is 4.74 Å². The predicted octanol–water partition coefficient (Wildman–Crippen LogP) is -1.53. The second-order valence-electron chi connectivity index (χ2n) is 4.25. The molecule has 19 heavy (non-hydrogen) atoms. The molecule has 0 radical (unpaired) electrons. The Morgan fingerprint density at radius 3 is 2.84 bits per heavy atom. The number of nitrogens with zero attached hydrogens (tertiary/aromatic N) is 4. The predicted molar refractivity (Wildman–Crippen MR) is 64.9 cm³/mol. The second-order valence-corrected chi connectivity index (χ2v) is 5.50. The van der Waals surface area contributed by atoms with Gasteiger partial charge in [-0.1, -0.05) is 0 Å². The quantitative estimate of drug-likeness (QED) is 0.572. The first-order chi connectivity index (χ1) is 9.13. The molecule has 0 saturated carbocycles. The molecule has 1 fully saturated rings. The van der Waals surface area contributed by atoms with Crippen molar-refractivity contribution in [3.8, 4) is 5.88 Å². The Hall–Kier alpha value is -1.25. The number of hydrogen-bond acceptors (Lipinski definition) is 7. The van der Waals surface area contributed by atoms with E-state index in [2.05, 4.69) is 31.0 Å². The van der Waals surface area contributed by atoms with Crippen molar-refractivity contribution >= 4 is 27.2 Å². The zero-order valence-electron chi connectivity index (χ0n) is 9.66. The van der Waals surface area contributed by atoms with Gasteiger partial charge in [-0.15, -0.1) is 0 Å². The number of hydrogen-bond donors (Lipinski definition) is 3. The van der Waals surface area contributed by atoms with E-state index in [0.29, 0.717) is 5.65 Å². The van der Waals surface area contributed by atoms with Gasteiger partial charge < -0.3 is 0 Å². The topological polar surface area (TPSA) is 114 Å². The number of aliphatic hydroxyl groups excluding tert-OH is 2. The molecule has 2 aromatic heterocycles. The Balaban J connectivity index is 2.04. The van der Waals surface area contributed by atoms with Gasteiger partial charge in [0.2, 0.25) is 0 Å². The molecular weight excluding hydrogens is 319 g/mol. The van der Waals surface area contributed by atoms with Gasteiger partial charge in [0.25, 0.3) is 0 Å². The first-order valence-corrected chi connectivity index (χ1v) is 6.70. The third kappa shape index (κ3) is 1.90. The van der Waals surface area contributed by atoms with E-state index in [0.717, 1.165) is 0 Å². The molecule has 0 bridgehead atoms. The molecule has 0 aromatic carbocycles. The number of aromatic nitrogens is 4. The number of ether oxygens (including phenoxy) is 1. The van der Waals surface area contributed by atoms with Crippen LogP contribution in [0.15, 0.2) is 12.7 Å². The summed E-state index contributed by atoms with van der Waals surface area (Å²) in [4.78, 5) is 11.4. The van der Waals surface area contributed by atoms with E-state index in [1.165, 1.54) is 12.7 Å². The molecule has 1 saturated heterocycles. The number of imidazole rings is 1. The van der Waals surface area contributed by atoms with Crippen molar-refractivity contribution in [1.29, 1.82) is 0 Å². The van der Waals surface area contributed by atoms with Gasteiger partial charge in [-0.25, -0.2) is 0 Å². The summed E-state index contributed by atoms with van der Waals surface area (Å²) < 4.78 is 7.20. The normalized spacial score (nSPS) is 31.1. The van der Waals surface area contributed by atoms with Crippen LogP contribution >= 0.6 is 0 Å². The zero-order valence-corrected chi connectivity index (χ0v) is 11.5. The summed E-state index contributed by atoms with van der Waals surface area (Å²) in [6, 6.07) is 0. The third-order valence-electron chi connectivity index (χ3n) is 3.13. The maximum atomic E-state index is 9.94. The third-order valence-corrected chi connectivity index (χ3v) is 4.31. The summed E-state index contributed by atoms with van der Waals surface area (Å²) in [5, 5.41) is 28.7. The van der Waals surface area contributed by atoms with Crippen LogP contribution in [0, 0.1) is 0 Å². The first-order valence-electron chi connectivity index (χ1n) is 5.62. The molecule has 3 rings (SSSR count). The molecule has 9 heteroatoms. The van der Waals surface area contributed by atoms with Crippen molar-refractivity contribution in [2.24, 2.45) is 0 Å². The summed E-state index contributed by atoms with van der Waals surface area (Å²) in [5.41, 5.74) is 0.687. The molecule has 4 atom stereocenters. The van der Waals surface area contributed by atoms with E-state index in [-0.39, 0.29) is 22.8 Å². The zero-order chi connectivity index (χ0) is 13.6. The Labute approximate surface area is 115 Å². The molecule has 3 N–H and O–H groups in total. The van der Waals surface area contributed by atoms with Crippen LogP contribution in [0.1, 0.15) is 6.23 Å². The minimum atomic E-state index is -0.789. The number of aromatic hydroxyl groups is 1. The van der Waals surface area contributed by atoms with Gasteiger partial charge in [0.05, 0.1) is 0 Å². The molecule has 0 spiro atoms. The van der Waals surface area contributed by atoms with Gasteiger partial charge in [-0.3, -0.25) is 0 Å². The van der Waals surface area contributed by atoms with E-state index in [1.54, 1.807) is 4.57 Å². The van der Waals surface area contributed by atoms with E-state index >= 15 is 0 Å². The fourth-order valence-electron chi connectivity index (χ4n) is 2.14.